The van der Waals surface area contributed by atoms with Gasteiger partial charge in [-0.3, -0.25) is 4.79 Å². The van der Waals surface area contributed by atoms with Crippen molar-refractivity contribution in [1.29, 1.82) is 0 Å². The molecule has 0 aliphatic carbocycles. The number of esters is 1. The van der Waals surface area contributed by atoms with E-state index in [4.69, 9.17) is 25.5 Å². The van der Waals surface area contributed by atoms with Gasteiger partial charge in [0.15, 0.2) is 0 Å². The summed E-state index contributed by atoms with van der Waals surface area (Å²) >= 11 is 8.01. The van der Waals surface area contributed by atoms with E-state index in [1.807, 2.05) is 17.5 Å². The Bertz CT molecular complexity index is 876. The number of methoxy groups -OCH3 is 1. The topological polar surface area (TPSA) is 57.7 Å². The fourth-order valence-corrected chi connectivity index (χ4v) is 10.7. The van der Waals surface area contributed by atoms with Crippen LogP contribution in [0.25, 0.3) is 11.3 Å². The second-order valence-corrected chi connectivity index (χ2v) is 15.2. The molecule has 0 atom stereocenters. The Morgan fingerprint density at radius 1 is 1.13 bits per heavy atom. The number of ether oxygens (including phenoxy) is 2. The molecule has 31 heavy (non-hydrogen) atoms. The molecule has 8 heteroatoms. The number of thiazole rings is 1. The molecule has 0 saturated carbocycles. The Morgan fingerprint density at radius 3 is 2.26 bits per heavy atom. The molecule has 0 aliphatic heterocycles. The highest BCUT2D eigenvalue weighted by Gasteiger charge is 2.47. The first-order valence-corrected chi connectivity index (χ1v) is 14.1. The van der Waals surface area contributed by atoms with Crippen LogP contribution < -0.4 is 9.16 Å². The molecule has 0 spiro atoms. The van der Waals surface area contributed by atoms with Crippen molar-refractivity contribution in [3.05, 3.63) is 27.5 Å². The van der Waals surface area contributed by atoms with E-state index in [2.05, 4.69) is 46.5 Å². The number of benzene rings is 1. The monoisotopic (exact) mass is 483 g/mol. The first-order valence-electron chi connectivity index (χ1n) is 10.7. The Hall–Kier alpha value is -1.57. The molecule has 0 N–H and O–H groups in total. The zero-order chi connectivity index (χ0) is 23.3. The molecule has 0 bridgehead atoms. The standard InChI is InChI=1S/C23H34ClNO4SSi/c1-9-28-22(26)12-21-25-20(13-30-21)18-10-17(11-19(24)23(18)27-8)29-31(14(2)3,15(4)5)16(6)7/h10-11,13-16H,9,12H2,1-8H3. The van der Waals surface area contributed by atoms with Gasteiger partial charge in [0.1, 0.15) is 16.5 Å². The van der Waals surface area contributed by atoms with Gasteiger partial charge in [-0.05, 0) is 29.6 Å². The molecule has 0 aliphatic rings. The van der Waals surface area contributed by atoms with Crippen molar-refractivity contribution in [3.63, 3.8) is 0 Å². The molecule has 2 rings (SSSR count). The number of hydrogen-bond acceptors (Lipinski definition) is 6. The lowest BCUT2D eigenvalue weighted by Gasteiger charge is -2.42. The number of hydrogen-bond donors (Lipinski definition) is 0. The molecule has 0 fully saturated rings. The second-order valence-electron chi connectivity index (χ2n) is 8.51. The van der Waals surface area contributed by atoms with Gasteiger partial charge in [0.05, 0.1) is 30.9 Å². The highest BCUT2D eigenvalue weighted by atomic mass is 35.5. The van der Waals surface area contributed by atoms with Crippen LogP contribution in [-0.2, 0) is 16.0 Å². The molecule has 0 unspecified atom stereocenters. The highest BCUT2D eigenvalue weighted by molar-refractivity contribution is 7.10. The zero-order valence-corrected chi connectivity index (χ0v) is 22.3. The molecule has 0 amide bonds. The summed E-state index contributed by atoms with van der Waals surface area (Å²) in [6.45, 7) is 15.6. The van der Waals surface area contributed by atoms with Gasteiger partial charge in [-0.25, -0.2) is 4.98 Å². The summed E-state index contributed by atoms with van der Waals surface area (Å²) in [5.74, 6) is 1.00. The quantitative estimate of drug-likeness (QED) is 0.265. The van der Waals surface area contributed by atoms with Gasteiger partial charge in [0.25, 0.3) is 8.32 Å². The van der Waals surface area contributed by atoms with Crippen molar-refractivity contribution in [2.75, 3.05) is 13.7 Å². The minimum atomic E-state index is -2.15. The summed E-state index contributed by atoms with van der Waals surface area (Å²) in [4.78, 5) is 16.5. The third-order valence-corrected chi connectivity index (χ3v) is 12.8. The zero-order valence-electron chi connectivity index (χ0n) is 19.7. The van der Waals surface area contributed by atoms with Gasteiger partial charge in [-0.15, -0.1) is 11.3 Å². The van der Waals surface area contributed by atoms with E-state index in [0.717, 1.165) is 11.3 Å². The van der Waals surface area contributed by atoms with E-state index in [1.165, 1.54) is 11.3 Å². The van der Waals surface area contributed by atoms with E-state index in [9.17, 15) is 4.79 Å². The normalized spacial score (nSPS) is 12.0. The van der Waals surface area contributed by atoms with Crippen LogP contribution in [0.15, 0.2) is 17.5 Å². The number of carbonyl (C=O) groups excluding carboxylic acids is 1. The number of halogens is 1. The summed E-state index contributed by atoms with van der Waals surface area (Å²) in [5.41, 5.74) is 2.78. The summed E-state index contributed by atoms with van der Waals surface area (Å²) in [5, 5.41) is 3.08. The van der Waals surface area contributed by atoms with Crippen molar-refractivity contribution in [1.82, 2.24) is 4.98 Å². The lowest BCUT2D eigenvalue weighted by Crippen LogP contribution is -2.50. The average molecular weight is 484 g/mol. The third kappa shape index (κ3) is 5.62. The molecule has 2 aromatic rings. The molecule has 0 saturated heterocycles. The summed E-state index contributed by atoms with van der Waals surface area (Å²) in [6.07, 6.45) is 0.148. The first-order chi connectivity index (χ1) is 14.6. The Balaban J connectivity index is 2.49. The van der Waals surface area contributed by atoms with Crippen molar-refractivity contribution >= 4 is 37.2 Å². The van der Waals surface area contributed by atoms with Crippen LogP contribution in [0.4, 0.5) is 0 Å². The number of carbonyl (C=O) groups is 1. The largest absolute Gasteiger partial charge is 0.543 e. The van der Waals surface area contributed by atoms with E-state index < -0.39 is 8.32 Å². The lowest BCUT2D eigenvalue weighted by molar-refractivity contribution is -0.142. The number of aromatic nitrogens is 1. The van der Waals surface area contributed by atoms with Gasteiger partial charge in [0.2, 0.25) is 0 Å². The average Bonchev–Trinajstić information content (AvgIpc) is 3.13. The maximum Gasteiger partial charge on any atom is 0.312 e. The van der Waals surface area contributed by atoms with E-state index in [-0.39, 0.29) is 12.4 Å². The Labute approximate surface area is 196 Å². The minimum absolute atomic E-state index is 0.148. The van der Waals surface area contributed by atoms with Crippen LogP contribution in [0.5, 0.6) is 11.5 Å². The van der Waals surface area contributed by atoms with Gasteiger partial charge in [0, 0.05) is 17.0 Å². The fourth-order valence-electron chi connectivity index (χ4n) is 4.43. The lowest BCUT2D eigenvalue weighted by atomic mass is 10.1. The Morgan fingerprint density at radius 2 is 1.74 bits per heavy atom. The van der Waals surface area contributed by atoms with Gasteiger partial charge < -0.3 is 13.9 Å². The first kappa shape index (κ1) is 25.7. The van der Waals surface area contributed by atoms with Crippen molar-refractivity contribution in [2.24, 2.45) is 0 Å². The smallest absolute Gasteiger partial charge is 0.312 e. The second kappa shape index (κ2) is 10.8. The molecule has 1 aromatic carbocycles. The molecular weight excluding hydrogens is 450 g/mol. The summed E-state index contributed by atoms with van der Waals surface area (Å²) in [7, 11) is -0.557. The van der Waals surface area contributed by atoms with Crippen LogP contribution >= 0.6 is 22.9 Å². The number of rotatable bonds is 10. The molecule has 1 aromatic heterocycles. The van der Waals surface area contributed by atoms with Gasteiger partial charge >= 0.3 is 5.97 Å². The Kier molecular flexibility index (Phi) is 8.98. The van der Waals surface area contributed by atoms with Crippen molar-refractivity contribution in [2.45, 2.75) is 71.5 Å². The van der Waals surface area contributed by atoms with E-state index in [1.54, 1.807) is 14.0 Å². The number of nitrogens with zero attached hydrogens (tertiary/aromatic N) is 1. The predicted octanol–water partition coefficient (Wildman–Crippen LogP) is 7.13. The third-order valence-electron chi connectivity index (χ3n) is 5.65. The van der Waals surface area contributed by atoms with Gasteiger partial charge in [-0.1, -0.05) is 53.1 Å². The van der Waals surface area contributed by atoms with Crippen molar-refractivity contribution in [3.8, 4) is 22.8 Å². The van der Waals surface area contributed by atoms with E-state index in [0.29, 0.717) is 44.7 Å². The SMILES string of the molecule is CCOC(=O)Cc1nc(-c2cc(O[Si](C(C)C)(C(C)C)C(C)C)cc(Cl)c2OC)cs1. The molecule has 172 valence electrons. The fraction of sp³-hybridized carbons (Fsp3) is 0.565. The van der Waals surface area contributed by atoms with Crippen molar-refractivity contribution < 1.29 is 18.7 Å². The van der Waals surface area contributed by atoms with Crippen LogP contribution in [0, 0.1) is 0 Å². The van der Waals surface area contributed by atoms with Crippen LogP contribution in [0.3, 0.4) is 0 Å². The summed E-state index contributed by atoms with van der Waals surface area (Å²) < 4.78 is 17.4. The van der Waals surface area contributed by atoms with Gasteiger partial charge in [-0.2, -0.15) is 0 Å². The molecular formula is C23H34ClNO4SSi. The van der Waals surface area contributed by atoms with Crippen LogP contribution in [-0.4, -0.2) is 33.0 Å². The molecule has 5 nitrogen and oxygen atoms in total. The maximum absolute atomic E-state index is 11.8. The highest BCUT2D eigenvalue weighted by Crippen LogP contribution is 2.46. The minimum Gasteiger partial charge on any atom is -0.543 e. The maximum atomic E-state index is 11.8. The van der Waals surface area contributed by atoms with E-state index >= 15 is 0 Å². The molecule has 0 radical (unpaired) electrons. The van der Waals surface area contributed by atoms with Crippen LogP contribution in [0.1, 0.15) is 53.5 Å². The molecule has 1 heterocycles. The predicted molar refractivity (Wildman–Crippen MR) is 131 cm³/mol. The summed E-state index contributed by atoms with van der Waals surface area (Å²) in [6, 6.07) is 3.80. The van der Waals surface area contributed by atoms with Crippen LogP contribution in [0.2, 0.25) is 21.6 Å².